The van der Waals surface area contributed by atoms with Crippen LogP contribution in [0.15, 0.2) is 145 Å². The highest BCUT2D eigenvalue weighted by atomic mass is 32.1. The molecule has 0 radical (unpaired) electrons. The molecular formula is C40H32N4S. The summed E-state index contributed by atoms with van der Waals surface area (Å²) in [4.78, 5) is 0. The number of nitrogens with two attached hydrogens (primary N) is 1. The quantitative estimate of drug-likeness (QED) is 0.112. The van der Waals surface area contributed by atoms with E-state index in [9.17, 15) is 0 Å². The molecule has 5 heteroatoms. The van der Waals surface area contributed by atoms with Crippen molar-refractivity contribution in [2.24, 2.45) is 10.8 Å². The first-order chi connectivity index (χ1) is 22.1. The van der Waals surface area contributed by atoms with E-state index in [4.69, 9.17) is 10.8 Å². The monoisotopic (exact) mass is 600 g/mol. The molecule has 218 valence electrons. The van der Waals surface area contributed by atoms with Crippen LogP contribution in [0, 0.1) is 6.92 Å². The summed E-state index contributed by atoms with van der Waals surface area (Å²) in [5.74, 6) is 0.508. The lowest BCUT2D eigenvalue weighted by Crippen LogP contribution is -2.23. The minimum absolute atomic E-state index is 0.508. The Kier molecular flexibility index (Phi) is 6.81. The van der Waals surface area contributed by atoms with Gasteiger partial charge < -0.3 is 10.3 Å². The van der Waals surface area contributed by atoms with E-state index in [1.807, 2.05) is 41.7 Å². The average molecular weight is 601 g/mol. The molecule has 0 aliphatic carbocycles. The van der Waals surface area contributed by atoms with Crippen molar-refractivity contribution in [3.8, 4) is 5.69 Å². The fourth-order valence-corrected chi connectivity index (χ4v) is 7.45. The van der Waals surface area contributed by atoms with Crippen LogP contribution < -0.4 is 5.73 Å². The van der Waals surface area contributed by atoms with Crippen LogP contribution in [0.5, 0.6) is 0 Å². The Morgan fingerprint density at radius 3 is 2.20 bits per heavy atom. The SMILES string of the molecule is Cc1ccc(CN(Cc2cccc(-n3c4ccccc4c4cc5sc6ccccc6c5cc43)c2)N=C(N)c2ccccc2)cc1. The van der Waals surface area contributed by atoms with Gasteiger partial charge in [-0.15, -0.1) is 11.3 Å². The maximum absolute atomic E-state index is 6.54. The molecule has 0 amide bonds. The van der Waals surface area contributed by atoms with E-state index in [1.165, 1.54) is 53.1 Å². The highest BCUT2D eigenvalue weighted by molar-refractivity contribution is 7.25. The molecule has 0 saturated heterocycles. The Morgan fingerprint density at radius 1 is 0.622 bits per heavy atom. The number of benzene rings is 6. The molecule has 0 unspecified atom stereocenters. The molecular weight excluding hydrogens is 569 g/mol. The lowest BCUT2D eigenvalue weighted by molar-refractivity contribution is 0.270. The number of hydrazone groups is 1. The maximum Gasteiger partial charge on any atom is 0.150 e. The normalized spacial score (nSPS) is 12.1. The predicted molar refractivity (Wildman–Crippen MR) is 191 cm³/mol. The number of amidine groups is 1. The van der Waals surface area contributed by atoms with Crippen molar-refractivity contribution < 1.29 is 0 Å². The molecule has 2 heterocycles. The topological polar surface area (TPSA) is 46.5 Å². The molecule has 2 N–H and O–H groups in total. The standard InChI is InChI=1S/C40H32N4S/c1-27-18-20-28(21-19-27)25-43(42-40(41)30-11-3-2-4-12-30)26-29-10-9-13-31(22-29)44-36-16-7-5-14-32(36)34-24-39-35(23-37(34)44)33-15-6-8-17-38(33)45-39/h2-24H,25-26H2,1H3,(H2,41,42). The number of rotatable bonds is 7. The maximum atomic E-state index is 6.54. The Hall–Kier alpha value is -5.39. The first kappa shape index (κ1) is 27.2. The van der Waals surface area contributed by atoms with E-state index >= 15 is 0 Å². The Balaban J connectivity index is 1.23. The van der Waals surface area contributed by atoms with Crippen molar-refractivity contribution in [3.05, 3.63) is 162 Å². The first-order valence-electron chi connectivity index (χ1n) is 15.2. The summed E-state index contributed by atoms with van der Waals surface area (Å²) in [6.45, 7) is 3.38. The summed E-state index contributed by atoms with van der Waals surface area (Å²) in [5, 5.41) is 12.2. The van der Waals surface area contributed by atoms with E-state index in [1.54, 1.807) is 0 Å². The number of aryl methyl sites for hydroxylation is 1. The van der Waals surface area contributed by atoms with Crippen LogP contribution in [-0.4, -0.2) is 15.4 Å². The number of aromatic nitrogens is 1. The van der Waals surface area contributed by atoms with Crippen LogP contribution in [-0.2, 0) is 13.1 Å². The van der Waals surface area contributed by atoms with Crippen LogP contribution in [0.3, 0.4) is 0 Å². The van der Waals surface area contributed by atoms with E-state index in [0.717, 1.165) is 16.8 Å². The molecule has 6 aromatic carbocycles. The van der Waals surface area contributed by atoms with Crippen LogP contribution in [0.25, 0.3) is 47.7 Å². The molecule has 0 saturated carbocycles. The Bertz CT molecular complexity index is 2350. The van der Waals surface area contributed by atoms with E-state index in [-0.39, 0.29) is 0 Å². The summed E-state index contributed by atoms with van der Waals surface area (Å²) in [5.41, 5.74) is 14.6. The third kappa shape index (κ3) is 5.11. The molecule has 0 spiro atoms. The highest BCUT2D eigenvalue weighted by Gasteiger charge is 2.16. The van der Waals surface area contributed by atoms with E-state index in [0.29, 0.717) is 18.9 Å². The number of para-hydroxylation sites is 1. The van der Waals surface area contributed by atoms with Crippen LogP contribution in [0.4, 0.5) is 0 Å². The molecule has 0 atom stereocenters. The average Bonchev–Trinajstić information content (AvgIpc) is 3.60. The zero-order chi connectivity index (χ0) is 30.3. The molecule has 0 aliphatic rings. The van der Waals surface area contributed by atoms with E-state index in [2.05, 4.69) is 126 Å². The fraction of sp³-hybridized carbons (Fsp3) is 0.0750. The summed E-state index contributed by atoms with van der Waals surface area (Å²) < 4.78 is 5.05. The van der Waals surface area contributed by atoms with Gasteiger partial charge in [0.1, 0.15) is 0 Å². The van der Waals surface area contributed by atoms with Gasteiger partial charge in [0.2, 0.25) is 0 Å². The number of nitrogens with zero attached hydrogens (tertiary/aromatic N) is 3. The minimum atomic E-state index is 0.508. The largest absolute Gasteiger partial charge is 0.382 e. The second-order valence-corrected chi connectivity index (χ2v) is 12.7. The fourth-order valence-electron chi connectivity index (χ4n) is 6.32. The summed E-state index contributed by atoms with van der Waals surface area (Å²) in [6, 6.07) is 49.6. The Morgan fingerprint density at radius 2 is 1.36 bits per heavy atom. The second kappa shape index (κ2) is 11.3. The summed E-state index contributed by atoms with van der Waals surface area (Å²) in [6.07, 6.45) is 0. The molecule has 0 fully saturated rings. The third-order valence-electron chi connectivity index (χ3n) is 8.51. The molecule has 2 aromatic heterocycles. The van der Waals surface area contributed by atoms with Gasteiger partial charge in [-0.25, -0.2) is 0 Å². The second-order valence-electron chi connectivity index (χ2n) is 11.6. The number of hydrogen-bond donors (Lipinski definition) is 1. The van der Waals surface area contributed by atoms with Crippen molar-refractivity contribution in [1.29, 1.82) is 0 Å². The van der Waals surface area contributed by atoms with Gasteiger partial charge in [0.05, 0.1) is 24.1 Å². The number of thiophene rings is 1. The summed E-state index contributed by atoms with van der Waals surface area (Å²) in [7, 11) is 0. The lowest BCUT2D eigenvalue weighted by Gasteiger charge is -2.21. The van der Waals surface area contributed by atoms with Gasteiger partial charge in [-0.2, -0.15) is 5.10 Å². The van der Waals surface area contributed by atoms with Crippen molar-refractivity contribution >= 4 is 59.2 Å². The minimum Gasteiger partial charge on any atom is -0.382 e. The number of hydrogen-bond acceptors (Lipinski definition) is 3. The molecule has 8 aromatic rings. The van der Waals surface area contributed by atoms with Crippen LogP contribution >= 0.6 is 11.3 Å². The predicted octanol–water partition coefficient (Wildman–Crippen LogP) is 9.78. The summed E-state index contributed by atoms with van der Waals surface area (Å²) >= 11 is 1.87. The molecule has 8 rings (SSSR count). The first-order valence-corrected chi connectivity index (χ1v) is 16.1. The van der Waals surface area contributed by atoms with Gasteiger partial charge in [-0.05, 0) is 54.4 Å². The zero-order valence-electron chi connectivity index (χ0n) is 25.0. The molecule has 45 heavy (non-hydrogen) atoms. The van der Waals surface area contributed by atoms with Gasteiger partial charge in [0, 0.05) is 42.2 Å². The third-order valence-corrected chi connectivity index (χ3v) is 9.64. The van der Waals surface area contributed by atoms with Crippen molar-refractivity contribution in [3.63, 3.8) is 0 Å². The molecule has 4 nitrogen and oxygen atoms in total. The van der Waals surface area contributed by atoms with Crippen LogP contribution in [0.2, 0.25) is 0 Å². The van der Waals surface area contributed by atoms with Gasteiger partial charge in [-0.3, -0.25) is 5.01 Å². The highest BCUT2D eigenvalue weighted by Crippen LogP contribution is 2.40. The van der Waals surface area contributed by atoms with Gasteiger partial charge in [-0.1, -0.05) is 109 Å². The van der Waals surface area contributed by atoms with Crippen LogP contribution in [0.1, 0.15) is 22.3 Å². The smallest absolute Gasteiger partial charge is 0.150 e. The number of fused-ring (bicyclic) bond motifs is 6. The van der Waals surface area contributed by atoms with Gasteiger partial charge >= 0.3 is 0 Å². The van der Waals surface area contributed by atoms with Crippen molar-refractivity contribution in [2.45, 2.75) is 20.0 Å². The molecule has 0 bridgehead atoms. The van der Waals surface area contributed by atoms with Crippen molar-refractivity contribution in [2.75, 3.05) is 0 Å². The molecule has 0 aliphatic heterocycles. The van der Waals surface area contributed by atoms with Crippen molar-refractivity contribution in [1.82, 2.24) is 9.58 Å². The lowest BCUT2D eigenvalue weighted by atomic mass is 10.1. The van der Waals surface area contributed by atoms with Gasteiger partial charge in [0.15, 0.2) is 5.84 Å². The van der Waals surface area contributed by atoms with Gasteiger partial charge in [0.25, 0.3) is 0 Å². The zero-order valence-corrected chi connectivity index (χ0v) is 25.8. The Labute approximate surface area is 266 Å². The van der Waals surface area contributed by atoms with E-state index < -0.39 is 0 Å².